The second kappa shape index (κ2) is 7.49. The summed E-state index contributed by atoms with van der Waals surface area (Å²) >= 11 is 0.984. The Morgan fingerprint density at radius 1 is 1.08 bits per heavy atom. The highest BCUT2D eigenvalue weighted by molar-refractivity contribution is 8.00. The maximum absolute atomic E-state index is 12.7. The van der Waals surface area contributed by atoms with Crippen LogP contribution in [0.1, 0.15) is 15.9 Å². The highest BCUT2D eigenvalue weighted by atomic mass is 32.2. The van der Waals surface area contributed by atoms with Crippen molar-refractivity contribution in [2.24, 2.45) is 0 Å². The van der Waals surface area contributed by atoms with Crippen LogP contribution < -0.4 is 5.11 Å². The van der Waals surface area contributed by atoms with Gasteiger partial charge in [-0.2, -0.15) is 13.2 Å². The van der Waals surface area contributed by atoms with Crippen molar-refractivity contribution in [2.75, 3.05) is 11.5 Å². The molecule has 2 aromatic rings. The molecule has 0 saturated carbocycles. The topological polar surface area (TPSA) is 74.3 Å². The molecule has 25 heavy (non-hydrogen) atoms. The zero-order valence-corrected chi connectivity index (χ0v) is 14.2. The Kier molecular flexibility index (Phi) is 5.79. The third-order valence-electron chi connectivity index (χ3n) is 3.24. The lowest BCUT2D eigenvalue weighted by Crippen LogP contribution is -2.23. The van der Waals surface area contributed by atoms with Crippen LogP contribution in [0.5, 0.6) is 0 Å². The second-order valence-corrected chi connectivity index (χ2v) is 8.22. The van der Waals surface area contributed by atoms with E-state index in [1.807, 2.05) is 0 Å². The number of thioether (sulfide) groups is 1. The number of carboxylic acid groups (broad SMARTS) is 1. The van der Waals surface area contributed by atoms with Gasteiger partial charge in [-0.25, -0.2) is 8.42 Å². The van der Waals surface area contributed by atoms with Gasteiger partial charge in [0.05, 0.1) is 22.2 Å². The van der Waals surface area contributed by atoms with Crippen LogP contribution in [0.15, 0.2) is 58.3 Å². The summed E-state index contributed by atoms with van der Waals surface area (Å²) in [4.78, 5) is 10.9. The van der Waals surface area contributed by atoms with Gasteiger partial charge in [0.2, 0.25) is 0 Å². The molecule has 4 nitrogen and oxygen atoms in total. The van der Waals surface area contributed by atoms with Crippen LogP contribution in [-0.4, -0.2) is 25.9 Å². The second-order valence-electron chi connectivity index (χ2n) is 4.98. The fourth-order valence-corrected chi connectivity index (χ4v) is 4.75. The van der Waals surface area contributed by atoms with Crippen molar-refractivity contribution in [3.63, 3.8) is 0 Å². The standard InChI is InChI=1S/C16H13F3O4S2/c17-16(18,19)11-4-3-5-12(10-11)25(22,23)9-8-24-14-7-2-1-6-13(14)15(20)21/h1-7,10H,8-9H2,(H,20,21)/p-1. The van der Waals surface area contributed by atoms with Crippen molar-refractivity contribution in [1.82, 2.24) is 0 Å². The molecule has 0 radical (unpaired) electrons. The van der Waals surface area contributed by atoms with E-state index in [2.05, 4.69) is 0 Å². The summed E-state index contributed by atoms with van der Waals surface area (Å²) in [6, 6.07) is 9.47. The lowest BCUT2D eigenvalue weighted by Gasteiger charge is -2.11. The number of hydrogen-bond donors (Lipinski definition) is 0. The fraction of sp³-hybridized carbons (Fsp3) is 0.188. The van der Waals surface area contributed by atoms with E-state index in [4.69, 9.17) is 0 Å². The summed E-state index contributed by atoms with van der Waals surface area (Å²) < 4.78 is 62.5. The molecule has 0 N–H and O–H groups in total. The predicted molar refractivity (Wildman–Crippen MR) is 85.0 cm³/mol. The molecule has 0 aliphatic heterocycles. The van der Waals surface area contributed by atoms with Gasteiger partial charge in [-0.1, -0.05) is 24.3 Å². The number of carboxylic acids is 1. The van der Waals surface area contributed by atoms with E-state index in [1.165, 1.54) is 18.2 Å². The van der Waals surface area contributed by atoms with E-state index in [0.717, 1.165) is 30.0 Å². The van der Waals surface area contributed by atoms with Gasteiger partial charge in [-0.05, 0) is 24.3 Å². The number of carbonyl (C=O) groups excluding carboxylic acids is 1. The average molecular weight is 389 g/mol. The smallest absolute Gasteiger partial charge is 0.416 e. The van der Waals surface area contributed by atoms with Crippen molar-refractivity contribution in [3.05, 3.63) is 59.7 Å². The minimum Gasteiger partial charge on any atom is -0.545 e. The number of carbonyl (C=O) groups is 1. The van der Waals surface area contributed by atoms with Gasteiger partial charge >= 0.3 is 6.18 Å². The molecule has 0 amide bonds. The van der Waals surface area contributed by atoms with Gasteiger partial charge in [0.15, 0.2) is 9.84 Å². The Bertz CT molecular complexity index is 877. The molecule has 2 aromatic carbocycles. The molecule has 0 heterocycles. The Balaban J connectivity index is 2.12. The van der Waals surface area contributed by atoms with Crippen molar-refractivity contribution in [1.29, 1.82) is 0 Å². The summed E-state index contributed by atoms with van der Waals surface area (Å²) in [5, 5.41) is 11.0. The quantitative estimate of drug-likeness (QED) is 0.710. The van der Waals surface area contributed by atoms with Gasteiger partial charge in [-0.15, -0.1) is 11.8 Å². The van der Waals surface area contributed by atoms with Crippen molar-refractivity contribution >= 4 is 27.6 Å². The van der Waals surface area contributed by atoms with Gasteiger partial charge in [-0.3, -0.25) is 0 Å². The first-order chi connectivity index (χ1) is 11.6. The predicted octanol–water partition coefficient (Wildman–Crippen LogP) is 2.63. The largest absolute Gasteiger partial charge is 0.545 e. The number of benzene rings is 2. The molecule has 0 aliphatic carbocycles. The number of aromatic carboxylic acids is 1. The first-order valence-electron chi connectivity index (χ1n) is 6.94. The molecule has 0 bridgehead atoms. The maximum atomic E-state index is 12.7. The summed E-state index contributed by atoms with van der Waals surface area (Å²) in [6.45, 7) is 0. The highest BCUT2D eigenvalue weighted by Crippen LogP contribution is 2.31. The van der Waals surface area contributed by atoms with Crippen molar-refractivity contribution < 1.29 is 31.5 Å². The van der Waals surface area contributed by atoms with Crippen LogP contribution in [0.2, 0.25) is 0 Å². The SMILES string of the molecule is O=C([O-])c1ccccc1SCCS(=O)(=O)c1cccc(C(F)(F)F)c1. The van der Waals surface area contributed by atoms with Gasteiger partial charge in [0.25, 0.3) is 0 Å². The average Bonchev–Trinajstić information content (AvgIpc) is 2.54. The Hall–Kier alpha value is -2.00. The normalized spacial score (nSPS) is 12.1. The fourth-order valence-electron chi connectivity index (χ4n) is 2.01. The summed E-state index contributed by atoms with van der Waals surface area (Å²) in [6.07, 6.45) is -4.63. The molecule has 2 rings (SSSR count). The molecule has 0 unspecified atom stereocenters. The molecule has 0 spiro atoms. The van der Waals surface area contributed by atoms with Crippen LogP contribution in [0.25, 0.3) is 0 Å². The molecule has 0 aliphatic rings. The number of alkyl halides is 3. The van der Waals surface area contributed by atoms with E-state index < -0.39 is 38.2 Å². The number of halogens is 3. The third-order valence-corrected chi connectivity index (χ3v) is 6.28. The zero-order valence-electron chi connectivity index (χ0n) is 12.6. The number of sulfone groups is 1. The molecular weight excluding hydrogens is 377 g/mol. The highest BCUT2D eigenvalue weighted by Gasteiger charge is 2.31. The minimum absolute atomic E-state index is 0.0110. The van der Waals surface area contributed by atoms with E-state index in [0.29, 0.717) is 11.0 Å². The Morgan fingerprint density at radius 2 is 1.76 bits per heavy atom. The molecule has 0 atom stereocenters. The number of rotatable bonds is 6. The van der Waals surface area contributed by atoms with Gasteiger partial charge < -0.3 is 9.90 Å². The molecular formula is C16H12F3O4S2-. The van der Waals surface area contributed by atoms with E-state index in [-0.39, 0.29) is 11.3 Å². The monoisotopic (exact) mass is 389 g/mol. The lowest BCUT2D eigenvalue weighted by molar-refractivity contribution is -0.255. The molecule has 0 aromatic heterocycles. The first kappa shape index (κ1) is 19.3. The van der Waals surface area contributed by atoms with Crippen LogP contribution in [0, 0.1) is 0 Å². The summed E-state index contributed by atoms with van der Waals surface area (Å²) in [5.41, 5.74) is -1.10. The van der Waals surface area contributed by atoms with Crippen LogP contribution in [-0.2, 0) is 16.0 Å². The van der Waals surface area contributed by atoms with Crippen LogP contribution in [0.4, 0.5) is 13.2 Å². The van der Waals surface area contributed by atoms with Crippen molar-refractivity contribution in [3.8, 4) is 0 Å². The van der Waals surface area contributed by atoms with E-state index in [1.54, 1.807) is 6.07 Å². The number of hydrogen-bond acceptors (Lipinski definition) is 5. The van der Waals surface area contributed by atoms with Gasteiger partial charge in [0.1, 0.15) is 0 Å². The molecule has 0 saturated heterocycles. The molecule has 0 fully saturated rings. The molecule has 9 heteroatoms. The van der Waals surface area contributed by atoms with Crippen LogP contribution in [0.3, 0.4) is 0 Å². The molecule has 134 valence electrons. The minimum atomic E-state index is -4.63. The zero-order chi connectivity index (χ0) is 18.7. The maximum Gasteiger partial charge on any atom is 0.416 e. The lowest BCUT2D eigenvalue weighted by atomic mass is 10.2. The first-order valence-corrected chi connectivity index (χ1v) is 9.58. The van der Waals surface area contributed by atoms with Crippen molar-refractivity contribution in [2.45, 2.75) is 16.0 Å². The Morgan fingerprint density at radius 3 is 2.40 bits per heavy atom. The Labute approximate surface area is 146 Å². The van der Waals surface area contributed by atoms with E-state index in [9.17, 15) is 31.5 Å². The summed E-state index contributed by atoms with van der Waals surface area (Å²) in [7, 11) is -3.93. The van der Waals surface area contributed by atoms with E-state index >= 15 is 0 Å². The van der Waals surface area contributed by atoms with Gasteiger partial charge in [0, 0.05) is 16.2 Å². The third kappa shape index (κ3) is 4.99. The van der Waals surface area contributed by atoms with Crippen LogP contribution >= 0.6 is 11.8 Å². The summed E-state index contributed by atoms with van der Waals surface area (Å²) in [5.74, 6) is -1.83.